The van der Waals surface area contributed by atoms with E-state index in [1.165, 1.54) is 6.07 Å². The van der Waals surface area contributed by atoms with Gasteiger partial charge < -0.3 is 14.7 Å². The van der Waals surface area contributed by atoms with Gasteiger partial charge in [0.05, 0.1) is 12.2 Å². The first-order chi connectivity index (χ1) is 14.0. The molecule has 0 aliphatic carbocycles. The van der Waals surface area contributed by atoms with E-state index < -0.39 is 11.6 Å². The predicted octanol–water partition coefficient (Wildman–Crippen LogP) is 3.36. The summed E-state index contributed by atoms with van der Waals surface area (Å²) >= 11 is 0. The third-order valence-corrected chi connectivity index (χ3v) is 5.37. The quantitative estimate of drug-likeness (QED) is 0.590. The first kappa shape index (κ1) is 21.2. The van der Waals surface area contributed by atoms with Gasteiger partial charge in [0, 0.05) is 57.0 Å². The number of aliphatic imine (C=N–C) groups is 1. The van der Waals surface area contributed by atoms with Gasteiger partial charge in [-0.15, -0.1) is 0 Å². The van der Waals surface area contributed by atoms with Crippen molar-refractivity contribution in [3.63, 3.8) is 0 Å². The van der Waals surface area contributed by atoms with Crippen LogP contribution in [0.25, 0.3) is 0 Å². The number of benzene rings is 1. The Hall–Kier alpha value is -2.48. The molecule has 1 atom stereocenters. The summed E-state index contributed by atoms with van der Waals surface area (Å²) in [6.45, 7) is 7.69. The number of nitrogens with zero attached hydrogens (tertiary/aromatic N) is 4. The third kappa shape index (κ3) is 5.12. The zero-order valence-electron chi connectivity index (χ0n) is 17.3. The van der Waals surface area contributed by atoms with E-state index in [4.69, 9.17) is 4.52 Å². The van der Waals surface area contributed by atoms with Crippen LogP contribution in [-0.2, 0) is 13.0 Å². The minimum absolute atomic E-state index is 0.0608. The summed E-state index contributed by atoms with van der Waals surface area (Å²) in [6.07, 6.45) is 1.61. The Morgan fingerprint density at radius 2 is 1.97 bits per heavy atom. The van der Waals surface area contributed by atoms with Crippen molar-refractivity contribution in [2.24, 2.45) is 4.99 Å². The summed E-state index contributed by atoms with van der Waals surface area (Å²) in [4.78, 5) is 8.81. The fourth-order valence-corrected chi connectivity index (χ4v) is 3.80. The summed E-state index contributed by atoms with van der Waals surface area (Å²) < 4.78 is 32.8. The fourth-order valence-electron chi connectivity index (χ4n) is 3.80. The van der Waals surface area contributed by atoms with Gasteiger partial charge in [0.1, 0.15) is 11.6 Å². The average molecular weight is 405 g/mol. The number of aryl methyl sites for hydroxylation is 1. The van der Waals surface area contributed by atoms with E-state index in [2.05, 4.69) is 25.3 Å². The van der Waals surface area contributed by atoms with Gasteiger partial charge in [-0.25, -0.2) is 8.78 Å². The van der Waals surface area contributed by atoms with Crippen molar-refractivity contribution in [1.29, 1.82) is 0 Å². The molecule has 0 amide bonds. The van der Waals surface area contributed by atoms with Crippen LogP contribution in [0.2, 0.25) is 0 Å². The van der Waals surface area contributed by atoms with Crippen LogP contribution in [0.15, 0.2) is 33.8 Å². The van der Waals surface area contributed by atoms with Crippen LogP contribution in [0.1, 0.15) is 43.3 Å². The Bertz CT molecular complexity index is 830. The lowest BCUT2D eigenvalue weighted by Gasteiger charge is -2.40. The zero-order chi connectivity index (χ0) is 20.8. The Balaban J connectivity index is 1.57. The molecule has 0 saturated carbocycles. The van der Waals surface area contributed by atoms with Crippen LogP contribution >= 0.6 is 0 Å². The smallest absolute Gasteiger partial charge is 0.194 e. The van der Waals surface area contributed by atoms with Gasteiger partial charge in [-0.1, -0.05) is 25.1 Å². The highest BCUT2D eigenvalue weighted by atomic mass is 19.1. The number of piperazine rings is 1. The molecule has 3 rings (SSSR count). The fraction of sp³-hybridized carbons (Fsp3) is 0.524. The van der Waals surface area contributed by atoms with Crippen molar-refractivity contribution in [3.8, 4) is 0 Å². The molecule has 1 aromatic carbocycles. The minimum atomic E-state index is -0.543. The molecule has 2 aromatic rings. The Morgan fingerprint density at radius 3 is 2.55 bits per heavy atom. The highest BCUT2D eigenvalue weighted by Gasteiger charge is 2.27. The molecule has 1 N–H and O–H groups in total. The van der Waals surface area contributed by atoms with Crippen LogP contribution in [0.4, 0.5) is 8.78 Å². The lowest BCUT2D eigenvalue weighted by Crippen LogP contribution is -2.53. The van der Waals surface area contributed by atoms with Crippen molar-refractivity contribution in [2.75, 3.05) is 33.2 Å². The molecular weight excluding hydrogens is 376 g/mol. The predicted molar refractivity (Wildman–Crippen MR) is 109 cm³/mol. The van der Waals surface area contributed by atoms with Crippen LogP contribution in [-0.4, -0.2) is 54.1 Å². The number of guanidine groups is 1. The summed E-state index contributed by atoms with van der Waals surface area (Å²) in [6, 6.07) is 5.74. The summed E-state index contributed by atoms with van der Waals surface area (Å²) in [5, 5.41) is 7.32. The largest absolute Gasteiger partial charge is 0.359 e. The Labute approximate surface area is 170 Å². The topological polar surface area (TPSA) is 56.9 Å². The molecule has 29 heavy (non-hydrogen) atoms. The molecule has 2 heterocycles. The molecule has 1 aliphatic rings. The average Bonchev–Trinajstić information content (AvgIpc) is 3.19. The van der Waals surface area contributed by atoms with Gasteiger partial charge in [0.2, 0.25) is 0 Å². The van der Waals surface area contributed by atoms with E-state index in [0.717, 1.165) is 62.5 Å². The van der Waals surface area contributed by atoms with Crippen LogP contribution in [0, 0.1) is 11.6 Å². The van der Waals surface area contributed by atoms with E-state index in [-0.39, 0.29) is 6.04 Å². The van der Waals surface area contributed by atoms with Gasteiger partial charge in [-0.05, 0) is 18.9 Å². The molecule has 158 valence electrons. The van der Waals surface area contributed by atoms with Crippen molar-refractivity contribution in [2.45, 2.75) is 39.3 Å². The first-order valence-electron chi connectivity index (χ1n) is 10.1. The molecule has 1 aliphatic heterocycles. The van der Waals surface area contributed by atoms with E-state index in [0.29, 0.717) is 12.1 Å². The van der Waals surface area contributed by atoms with Gasteiger partial charge in [-0.2, -0.15) is 0 Å². The monoisotopic (exact) mass is 405 g/mol. The van der Waals surface area contributed by atoms with Gasteiger partial charge >= 0.3 is 0 Å². The van der Waals surface area contributed by atoms with Gasteiger partial charge in [0.25, 0.3) is 0 Å². The minimum Gasteiger partial charge on any atom is -0.359 e. The second-order valence-corrected chi connectivity index (χ2v) is 7.15. The molecule has 0 radical (unpaired) electrons. The number of hydrogen-bond acceptors (Lipinski definition) is 4. The molecule has 8 heteroatoms. The number of aromatic nitrogens is 1. The SMILES string of the molecule is CCc1cc(CNC(=NC)N2CCN(C(CC)c3ccc(F)cc3F)CC2)on1. The van der Waals surface area contributed by atoms with E-state index in [1.54, 1.807) is 13.1 Å². The summed E-state index contributed by atoms with van der Waals surface area (Å²) in [5.41, 5.74) is 1.49. The highest BCUT2D eigenvalue weighted by molar-refractivity contribution is 5.79. The second-order valence-electron chi connectivity index (χ2n) is 7.15. The normalized spacial score (nSPS) is 16.9. The Kier molecular flexibility index (Phi) is 7.19. The molecule has 1 fully saturated rings. The van der Waals surface area contributed by atoms with E-state index in [9.17, 15) is 8.78 Å². The van der Waals surface area contributed by atoms with Gasteiger partial charge in [-0.3, -0.25) is 9.89 Å². The highest BCUT2D eigenvalue weighted by Crippen LogP contribution is 2.28. The van der Waals surface area contributed by atoms with Crippen molar-refractivity contribution >= 4 is 5.96 Å². The molecule has 0 spiro atoms. The molecule has 6 nitrogen and oxygen atoms in total. The standard InChI is InChI=1S/C21H29F2N5O/c1-4-16-13-17(29-26-16)14-25-21(24-3)28-10-8-27(9-11-28)20(5-2)18-7-6-15(22)12-19(18)23/h6-7,12-13,20H,4-5,8-11,14H2,1-3H3,(H,24,25). The Morgan fingerprint density at radius 1 is 1.21 bits per heavy atom. The number of halogens is 2. The number of rotatable bonds is 6. The van der Waals surface area contributed by atoms with Crippen molar-refractivity contribution < 1.29 is 13.3 Å². The zero-order valence-corrected chi connectivity index (χ0v) is 17.3. The third-order valence-electron chi connectivity index (χ3n) is 5.37. The second kappa shape index (κ2) is 9.82. The van der Waals surface area contributed by atoms with Crippen molar-refractivity contribution in [1.82, 2.24) is 20.3 Å². The van der Waals surface area contributed by atoms with Crippen LogP contribution < -0.4 is 5.32 Å². The van der Waals surface area contributed by atoms with E-state index >= 15 is 0 Å². The van der Waals surface area contributed by atoms with Gasteiger partial charge in [0.15, 0.2) is 11.7 Å². The molecule has 1 unspecified atom stereocenters. The lowest BCUT2D eigenvalue weighted by atomic mass is 10.0. The van der Waals surface area contributed by atoms with Crippen molar-refractivity contribution in [3.05, 3.63) is 52.9 Å². The molecular formula is C21H29F2N5O. The maximum atomic E-state index is 14.3. The summed E-state index contributed by atoms with van der Waals surface area (Å²) in [5.74, 6) is 0.563. The maximum absolute atomic E-state index is 14.3. The number of nitrogens with one attached hydrogen (secondary N) is 1. The number of hydrogen-bond donors (Lipinski definition) is 1. The van der Waals surface area contributed by atoms with Crippen LogP contribution in [0.5, 0.6) is 0 Å². The molecule has 1 saturated heterocycles. The molecule has 0 bridgehead atoms. The summed E-state index contributed by atoms with van der Waals surface area (Å²) in [7, 11) is 1.76. The first-order valence-corrected chi connectivity index (χ1v) is 10.1. The lowest BCUT2D eigenvalue weighted by molar-refractivity contribution is 0.124. The maximum Gasteiger partial charge on any atom is 0.194 e. The van der Waals surface area contributed by atoms with E-state index in [1.807, 2.05) is 19.9 Å². The van der Waals surface area contributed by atoms with Crippen LogP contribution in [0.3, 0.4) is 0 Å². The molecule has 1 aromatic heterocycles.